The van der Waals surface area contributed by atoms with E-state index in [0.717, 1.165) is 33.4 Å². The van der Waals surface area contributed by atoms with Crippen LogP contribution >= 0.6 is 0 Å². The zero-order chi connectivity index (χ0) is 23.5. The molecule has 4 aromatic rings. The number of nitrogens with one attached hydrogen (secondary N) is 1. The van der Waals surface area contributed by atoms with Crippen LogP contribution in [0.1, 0.15) is 20.8 Å². The van der Waals surface area contributed by atoms with Crippen LogP contribution in [0.25, 0.3) is 22.1 Å². The third-order valence-electron chi connectivity index (χ3n) is 3.57. The van der Waals surface area contributed by atoms with Crippen LogP contribution in [0.3, 0.4) is 0 Å². The lowest BCUT2D eigenvalue weighted by molar-refractivity contribution is -0.156. The molecule has 32 heavy (non-hydrogen) atoms. The van der Waals surface area contributed by atoms with Crippen molar-refractivity contribution < 1.29 is 19.1 Å². The van der Waals surface area contributed by atoms with Crippen molar-refractivity contribution in [2.24, 2.45) is 0 Å². The first-order chi connectivity index (χ1) is 15.2. The van der Waals surface area contributed by atoms with Crippen molar-refractivity contribution >= 4 is 51.3 Å². The zero-order valence-corrected chi connectivity index (χ0v) is 17.8. The normalized spacial score (nSPS) is 9.59. The zero-order valence-electron chi connectivity index (χ0n) is 17.8. The Kier molecular flexibility index (Phi) is 8.66. The number of esters is 2. The highest BCUT2D eigenvalue weighted by Crippen LogP contribution is 2.14. The van der Waals surface area contributed by atoms with Crippen molar-refractivity contribution in [3.05, 3.63) is 61.2 Å². The Labute approximate surface area is 183 Å². The lowest BCUT2D eigenvalue weighted by Gasteiger charge is -2.02. The fourth-order valence-corrected chi connectivity index (χ4v) is 2.43. The molecule has 0 aliphatic heterocycles. The molecule has 2 aromatic carbocycles. The van der Waals surface area contributed by atoms with Crippen LogP contribution in [0.4, 0.5) is 11.4 Å². The molecule has 0 bridgehead atoms. The monoisotopic (exact) mass is 434 g/mol. The first-order valence-electron chi connectivity index (χ1n) is 9.38. The number of carbonyl (C=O) groups excluding carboxylic acids is 3. The third-order valence-corrected chi connectivity index (χ3v) is 3.57. The van der Waals surface area contributed by atoms with Gasteiger partial charge in [0.05, 0.1) is 22.1 Å². The highest BCUT2D eigenvalue weighted by molar-refractivity contribution is 5.91. The number of benzene rings is 2. The Hall–Kier alpha value is -4.47. The van der Waals surface area contributed by atoms with Gasteiger partial charge in [0.1, 0.15) is 0 Å². The topological polar surface area (TPSA) is 150 Å². The van der Waals surface area contributed by atoms with E-state index in [9.17, 15) is 14.4 Å². The maximum atomic E-state index is 10.8. The van der Waals surface area contributed by atoms with E-state index < -0.39 is 11.9 Å². The molecule has 0 radical (unpaired) electrons. The Morgan fingerprint density at radius 1 is 0.719 bits per heavy atom. The Bertz CT molecular complexity index is 1230. The predicted octanol–water partition coefficient (Wildman–Crippen LogP) is 2.90. The fourth-order valence-electron chi connectivity index (χ4n) is 2.43. The van der Waals surface area contributed by atoms with Gasteiger partial charge in [-0.25, -0.2) is 0 Å². The van der Waals surface area contributed by atoms with Gasteiger partial charge >= 0.3 is 11.9 Å². The molecule has 0 fully saturated rings. The van der Waals surface area contributed by atoms with Gasteiger partial charge in [0.25, 0.3) is 0 Å². The Morgan fingerprint density at radius 3 is 1.66 bits per heavy atom. The van der Waals surface area contributed by atoms with E-state index in [1.165, 1.54) is 20.8 Å². The number of amides is 1. The average molecular weight is 434 g/mol. The van der Waals surface area contributed by atoms with Crippen LogP contribution in [-0.2, 0) is 19.1 Å². The lowest BCUT2D eigenvalue weighted by atomic mass is 10.2. The SMILES string of the molecule is CC(=O)Nc1ccc2nccnc2c1.CC(=O)OC(C)=O.Nc1ccc2nccnc2c1. The summed E-state index contributed by atoms with van der Waals surface area (Å²) in [5, 5.41) is 2.69. The van der Waals surface area contributed by atoms with Crippen LogP contribution in [0.5, 0.6) is 0 Å². The number of nitrogen functional groups attached to an aromatic ring is 1. The fraction of sp³-hybridized carbons (Fsp3) is 0.136. The van der Waals surface area contributed by atoms with E-state index >= 15 is 0 Å². The molecule has 2 heterocycles. The molecule has 10 heteroatoms. The summed E-state index contributed by atoms with van der Waals surface area (Å²) < 4.78 is 3.97. The summed E-state index contributed by atoms with van der Waals surface area (Å²) in [6.45, 7) is 3.84. The van der Waals surface area contributed by atoms with Gasteiger partial charge < -0.3 is 15.8 Å². The molecule has 3 N–H and O–H groups in total. The highest BCUT2D eigenvalue weighted by Gasteiger charge is 1.98. The summed E-state index contributed by atoms with van der Waals surface area (Å²) in [6, 6.07) is 10.9. The maximum Gasteiger partial charge on any atom is 0.310 e. The molecule has 2 aromatic heterocycles. The molecular formula is C22H22N6O4. The molecule has 0 unspecified atom stereocenters. The van der Waals surface area contributed by atoms with Gasteiger partial charge in [-0.2, -0.15) is 0 Å². The summed E-state index contributed by atoms with van der Waals surface area (Å²) >= 11 is 0. The van der Waals surface area contributed by atoms with Crippen molar-refractivity contribution in [2.45, 2.75) is 20.8 Å². The minimum atomic E-state index is -0.562. The number of nitrogens with zero attached hydrogens (tertiary/aromatic N) is 4. The molecule has 0 aliphatic carbocycles. The molecule has 10 nitrogen and oxygen atoms in total. The summed E-state index contributed by atoms with van der Waals surface area (Å²) in [6.07, 6.45) is 6.58. The first kappa shape index (κ1) is 23.8. The van der Waals surface area contributed by atoms with E-state index in [-0.39, 0.29) is 5.91 Å². The summed E-state index contributed by atoms with van der Waals surface area (Å²) in [7, 11) is 0. The number of aromatic nitrogens is 4. The van der Waals surface area contributed by atoms with Gasteiger partial charge in [0.15, 0.2) is 0 Å². The van der Waals surface area contributed by atoms with Gasteiger partial charge in [-0.05, 0) is 36.4 Å². The number of nitrogens with two attached hydrogens (primary N) is 1. The quantitative estimate of drug-likeness (QED) is 0.262. The molecule has 4 rings (SSSR count). The standard InChI is InChI=1S/C10H9N3O.C8H7N3.C4H6O3/c1-7(14)13-8-2-3-9-10(6-8)12-5-4-11-9;9-6-1-2-7-8(5-6)11-4-3-10-7;1-3(5)7-4(2)6/h2-6H,1H3,(H,13,14);1-5H,9H2;1-2H3. The van der Waals surface area contributed by atoms with Gasteiger partial charge in [-0.3, -0.25) is 34.3 Å². The molecule has 0 atom stereocenters. The van der Waals surface area contributed by atoms with Gasteiger partial charge in [0, 0.05) is 56.9 Å². The number of hydrogen-bond acceptors (Lipinski definition) is 9. The smallest absolute Gasteiger partial charge is 0.310 e. The highest BCUT2D eigenvalue weighted by atomic mass is 16.6. The van der Waals surface area contributed by atoms with Crippen LogP contribution in [0.15, 0.2) is 61.2 Å². The van der Waals surface area contributed by atoms with E-state index in [4.69, 9.17) is 5.73 Å². The molecule has 0 saturated heterocycles. The van der Waals surface area contributed by atoms with Crippen molar-refractivity contribution in [3.8, 4) is 0 Å². The maximum absolute atomic E-state index is 10.8. The second-order valence-corrected chi connectivity index (χ2v) is 6.33. The number of rotatable bonds is 1. The van der Waals surface area contributed by atoms with Gasteiger partial charge in [-0.15, -0.1) is 0 Å². The molecule has 164 valence electrons. The summed E-state index contributed by atoms with van der Waals surface area (Å²) in [5.74, 6) is -1.21. The molecular weight excluding hydrogens is 412 g/mol. The van der Waals surface area contributed by atoms with Crippen LogP contribution in [0.2, 0.25) is 0 Å². The molecule has 0 saturated carbocycles. The lowest BCUT2D eigenvalue weighted by Crippen LogP contribution is -2.05. The minimum Gasteiger partial charge on any atom is -0.399 e. The summed E-state index contributed by atoms with van der Waals surface area (Å²) in [4.78, 5) is 46.9. The second kappa shape index (κ2) is 11.6. The minimum absolute atomic E-state index is 0.0896. The molecule has 0 aliphatic rings. The van der Waals surface area contributed by atoms with Crippen molar-refractivity contribution in [1.29, 1.82) is 0 Å². The summed E-state index contributed by atoms with van der Waals surface area (Å²) in [5.41, 5.74) is 10.3. The van der Waals surface area contributed by atoms with Crippen LogP contribution < -0.4 is 11.1 Å². The van der Waals surface area contributed by atoms with Crippen LogP contribution in [0, 0.1) is 0 Å². The van der Waals surface area contributed by atoms with E-state index in [1.807, 2.05) is 24.3 Å². The van der Waals surface area contributed by atoms with Crippen molar-refractivity contribution in [1.82, 2.24) is 19.9 Å². The predicted molar refractivity (Wildman–Crippen MR) is 120 cm³/mol. The number of ether oxygens (including phenoxy) is 1. The largest absolute Gasteiger partial charge is 0.399 e. The van der Waals surface area contributed by atoms with Crippen LogP contribution in [-0.4, -0.2) is 37.8 Å². The van der Waals surface area contributed by atoms with Gasteiger partial charge in [0.2, 0.25) is 5.91 Å². The Balaban J connectivity index is 0.000000181. The van der Waals surface area contributed by atoms with E-state index in [2.05, 4.69) is 30.0 Å². The second-order valence-electron chi connectivity index (χ2n) is 6.33. The number of hydrogen-bond donors (Lipinski definition) is 2. The number of anilines is 2. The third kappa shape index (κ3) is 8.11. The molecule has 1 amide bonds. The van der Waals surface area contributed by atoms with E-state index in [0.29, 0.717) is 0 Å². The van der Waals surface area contributed by atoms with Crippen molar-refractivity contribution in [3.63, 3.8) is 0 Å². The van der Waals surface area contributed by atoms with Gasteiger partial charge in [-0.1, -0.05) is 0 Å². The number of carbonyl (C=O) groups is 3. The Morgan fingerprint density at radius 2 is 1.19 bits per heavy atom. The number of fused-ring (bicyclic) bond motifs is 2. The first-order valence-corrected chi connectivity index (χ1v) is 9.38. The average Bonchev–Trinajstić information content (AvgIpc) is 2.73. The van der Waals surface area contributed by atoms with Crippen molar-refractivity contribution in [2.75, 3.05) is 11.1 Å². The molecule has 0 spiro atoms. The van der Waals surface area contributed by atoms with E-state index in [1.54, 1.807) is 36.9 Å².